The molecular weight excluding hydrogens is 381 g/mol. The number of nitrogens with zero attached hydrogens (tertiary/aromatic N) is 2. The van der Waals surface area contributed by atoms with Crippen LogP contribution in [0.1, 0.15) is 38.7 Å². The predicted octanol–water partition coefficient (Wildman–Crippen LogP) is 2.60. The Hall–Kier alpha value is -1.51. The lowest BCUT2D eigenvalue weighted by atomic mass is 9.74. The molecule has 1 aromatic carbocycles. The minimum absolute atomic E-state index is 0.0152. The first-order valence-corrected chi connectivity index (χ1v) is 11.5. The number of sulfonamides is 1. The first-order valence-electron chi connectivity index (χ1n) is 9.67. The highest BCUT2D eigenvalue weighted by molar-refractivity contribution is 7.88. The van der Waals surface area contributed by atoms with Gasteiger partial charge in [-0.25, -0.2) is 12.8 Å². The molecule has 0 bridgehead atoms. The van der Waals surface area contributed by atoms with Gasteiger partial charge in [0.1, 0.15) is 5.82 Å². The van der Waals surface area contributed by atoms with Crippen molar-refractivity contribution in [1.82, 2.24) is 9.21 Å². The van der Waals surface area contributed by atoms with Crippen LogP contribution in [0.25, 0.3) is 0 Å². The van der Waals surface area contributed by atoms with Gasteiger partial charge in [-0.05, 0) is 76.2 Å². The van der Waals surface area contributed by atoms with Gasteiger partial charge in [-0.1, -0.05) is 6.07 Å². The van der Waals surface area contributed by atoms with Crippen molar-refractivity contribution in [2.24, 2.45) is 5.41 Å². The van der Waals surface area contributed by atoms with Gasteiger partial charge in [0.05, 0.1) is 12.8 Å². The molecule has 156 valence electrons. The van der Waals surface area contributed by atoms with Crippen molar-refractivity contribution >= 4 is 21.6 Å². The van der Waals surface area contributed by atoms with Crippen molar-refractivity contribution in [3.8, 4) is 0 Å². The molecule has 6 nitrogen and oxygen atoms in total. The van der Waals surface area contributed by atoms with Crippen LogP contribution in [-0.2, 0) is 14.8 Å². The van der Waals surface area contributed by atoms with Crippen molar-refractivity contribution in [2.45, 2.75) is 45.6 Å². The summed E-state index contributed by atoms with van der Waals surface area (Å²) in [5.74, 6) is -0.533. The van der Waals surface area contributed by atoms with E-state index in [-0.39, 0.29) is 29.2 Å². The summed E-state index contributed by atoms with van der Waals surface area (Å²) in [5.41, 5.74) is 0.932. The molecule has 0 aromatic heterocycles. The van der Waals surface area contributed by atoms with Crippen molar-refractivity contribution < 1.29 is 17.6 Å². The topological polar surface area (TPSA) is 69.7 Å². The lowest BCUT2D eigenvalue weighted by Crippen LogP contribution is -2.45. The fourth-order valence-corrected chi connectivity index (χ4v) is 6.26. The maximum Gasteiger partial charge on any atom is 0.238 e. The van der Waals surface area contributed by atoms with Crippen LogP contribution in [0, 0.1) is 18.2 Å². The maximum atomic E-state index is 13.4. The van der Waals surface area contributed by atoms with E-state index < -0.39 is 10.0 Å². The number of carbonyl (C=O) groups excluding carboxylic acids is 1. The van der Waals surface area contributed by atoms with Gasteiger partial charge in [-0.2, -0.15) is 4.31 Å². The Kier molecular flexibility index (Phi) is 5.59. The Morgan fingerprint density at radius 3 is 2.46 bits per heavy atom. The quantitative estimate of drug-likeness (QED) is 0.827. The second kappa shape index (κ2) is 7.39. The monoisotopic (exact) mass is 411 g/mol. The van der Waals surface area contributed by atoms with Gasteiger partial charge in [0.2, 0.25) is 15.9 Å². The molecule has 0 saturated carbocycles. The second-order valence-corrected chi connectivity index (χ2v) is 10.9. The van der Waals surface area contributed by atoms with E-state index in [0.29, 0.717) is 12.2 Å². The smallest absolute Gasteiger partial charge is 0.238 e. The second-order valence-electron chi connectivity index (χ2n) is 9.04. The summed E-state index contributed by atoms with van der Waals surface area (Å²) in [4.78, 5) is 14.5. The zero-order valence-corrected chi connectivity index (χ0v) is 17.9. The summed E-state index contributed by atoms with van der Waals surface area (Å²) in [6.45, 7) is 8.13. The minimum atomic E-state index is -3.24. The molecule has 2 aliphatic heterocycles. The average molecular weight is 412 g/mol. The van der Waals surface area contributed by atoms with Gasteiger partial charge in [-0.15, -0.1) is 0 Å². The van der Waals surface area contributed by atoms with E-state index in [0.717, 1.165) is 37.9 Å². The van der Waals surface area contributed by atoms with Gasteiger partial charge in [0, 0.05) is 17.8 Å². The Morgan fingerprint density at radius 1 is 1.25 bits per heavy atom. The van der Waals surface area contributed by atoms with Crippen molar-refractivity contribution in [2.75, 3.05) is 37.8 Å². The first-order chi connectivity index (χ1) is 12.9. The number of aryl methyl sites for hydroxylation is 1. The lowest BCUT2D eigenvalue weighted by molar-refractivity contribution is -0.117. The molecule has 0 atom stereocenters. The number of nitrogens with one attached hydrogen (secondary N) is 1. The van der Waals surface area contributed by atoms with Gasteiger partial charge in [0.25, 0.3) is 0 Å². The molecule has 1 amide bonds. The van der Waals surface area contributed by atoms with E-state index >= 15 is 0 Å². The highest BCUT2D eigenvalue weighted by Gasteiger charge is 2.52. The van der Waals surface area contributed by atoms with Crippen molar-refractivity contribution in [1.29, 1.82) is 0 Å². The molecule has 8 heteroatoms. The molecule has 1 N–H and O–H groups in total. The SMILES string of the molecule is Cc1ccc(F)cc1NC(=O)CN1CCC2(CC1)CN(S(C)(=O)=O)C(C)(C)C2. The van der Waals surface area contributed by atoms with Gasteiger partial charge >= 0.3 is 0 Å². The molecule has 28 heavy (non-hydrogen) atoms. The molecule has 2 saturated heterocycles. The van der Waals surface area contributed by atoms with E-state index in [1.165, 1.54) is 18.4 Å². The molecule has 0 radical (unpaired) electrons. The highest BCUT2D eigenvalue weighted by atomic mass is 32.2. The van der Waals surface area contributed by atoms with Crippen LogP contribution in [0.15, 0.2) is 18.2 Å². The summed E-state index contributed by atoms with van der Waals surface area (Å²) < 4.78 is 39.3. The normalized spacial score (nSPS) is 22.5. The lowest BCUT2D eigenvalue weighted by Gasteiger charge is -2.39. The van der Waals surface area contributed by atoms with Gasteiger partial charge in [0.15, 0.2) is 0 Å². The Bertz CT molecular complexity index is 861. The number of piperidine rings is 1. The number of likely N-dealkylation sites (tertiary alicyclic amines) is 1. The Balaban J connectivity index is 1.57. The van der Waals surface area contributed by atoms with Crippen molar-refractivity contribution in [3.63, 3.8) is 0 Å². The Morgan fingerprint density at radius 2 is 1.89 bits per heavy atom. The fraction of sp³-hybridized carbons (Fsp3) is 0.650. The van der Waals surface area contributed by atoms with Gasteiger partial charge < -0.3 is 5.32 Å². The minimum Gasteiger partial charge on any atom is -0.325 e. The highest BCUT2D eigenvalue weighted by Crippen LogP contribution is 2.48. The van der Waals surface area contributed by atoms with Crippen LogP contribution in [0.3, 0.4) is 0 Å². The molecule has 0 aliphatic carbocycles. The largest absolute Gasteiger partial charge is 0.325 e. The van der Waals surface area contributed by atoms with Crippen LogP contribution in [-0.4, -0.2) is 61.5 Å². The number of carbonyl (C=O) groups is 1. The van der Waals surface area contributed by atoms with Crippen LogP contribution >= 0.6 is 0 Å². The number of hydrogen-bond donors (Lipinski definition) is 1. The van der Waals surface area contributed by atoms with Crippen LogP contribution in [0.2, 0.25) is 0 Å². The maximum absolute atomic E-state index is 13.4. The van der Waals surface area contributed by atoms with Crippen LogP contribution in [0.4, 0.5) is 10.1 Å². The molecule has 2 aliphatic rings. The Labute approximate surface area is 167 Å². The molecule has 1 spiro atoms. The first kappa shape index (κ1) is 21.2. The fourth-order valence-electron chi connectivity index (χ4n) is 4.79. The number of rotatable bonds is 4. The van der Waals surface area contributed by atoms with E-state index in [2.05, 4.69) is 10.2 Å². The van der Waals surface area contributed by atoms with Crippen LogP contribution < -0.4 is 5.32 Å². The zero-order chi connectivity index (χ0) is 20.7. The third-order valence-corrected chi connectivity index (χ3v) is 7.54. The van der Waals surface area contributed by atoms with Crippen molar-refractivity contribution in [3.05, 3.63) is 29.6 Å². The molecule has 1 aromatic rings. The third-order valence-electron chi connectivity index (χ3n) is 6.12. The summed E-state index contributed by atoms with van der Waals surface area (Å²) in [7, 11) is -3.24. The predicted molar refractivity (Wildman–Crippen MR) is 108 cm³/mol. The van der Waals surface area contributed by atoms with E-state index in [9.17, 15) is 17.6 Å². The zero-order valence-electron chi connectivity index (χ0n) is 17.1. The molecular formula is C20H30FN3O3S. The van der Waals surface area contributed by atoms with E-state index in [1.54, 1.807) is 10.4 Å². The molecule has 2 fully saturated rings. The number of hydrogen-bond acceptors (Lipinski definition) is 4. The number of anilines is 1. The summed E-state index contributed by atoms with van der Waals surface area (Å²) in [6.07, 6.45) is 3.86. The summed E-state index contributed by atoms with van der Waals surface area (Å²) in [5, 5.41) is 2.79. The third kappa shape index (κ3) is 4.55. The number of halogens is 1. The van der Waals surface area contributed by atoms with E-state index in [1.807, 2.05) is 20.8 Å². The number of benzene rings is 1. The standard InChI is InChI=1S/C20H30FN3O3S/c1-15-5-6-16(21)11-17(15)22-18(25)12-23-9-7-20(8-10-23)13-19(2,3)24(14-20)28(4,26)27/h5-6,11H,7-10,12-14H2,1-4H3,(H,22,25). The number of amides is 1. The summed E-state index contributed by atoms with van der Waals surface area (Å²) >= 11 is 0. The molecule has 3 rings (SSSR count). The molecule has 2 heterocycles. The summed E-state index contributed by atoms with van der Waals surface area (Å²) in [6, 6.07) is 4.35. The van der Waals surface area contributed by atoms with E-state index in [4.69, 9.17) is 0 Å². The van der Waals surface area contributed by atoms with Gasteiger partial charge in [-0.3, -0.25) is 9.69 Å². The van der Waals surface area contributed by atoms with Crippen LogP contribution in [0.5, 0.6) is 0 Å². The molecule has 0 unspecified atom stereocenters. The average Bonchev–Trinajstić information content (AvgIpc) is 2.84.